The van der Waals surface area contributed by atoms with Gasteiger partial charge in [0, 0.05) is 5.75 Å². The van der Waals surface area contributed by atoms with Crippen molar-refractivity contribution in [2.45, 2.75) is 37.2 Å². The molecule has 3 aromatic rings. The summed E-state index contributed by atoms with van der Waals surface area (Å²) in [6, 6.07) is 30.4. The Labute approximate surface area is 183 Å². The van der Waals surface area contributed by atoms with Gasteiger partial charge in [0.05, 0.1) is 4.75 Å². The Morgan fingerprint density at radius 3 is 1.50 bits per heavy atom. The molecule has 0 aromatic heterocycles. The van der Waals surface area contributed by atoms with E-state index < -0.39 is 16.4 Å². The minimum atomic E-state index is -0.718. The van der Waals surface area contributed by atoms with Crippen molar-refractivity contribution < 1.29 is 9.53 Å². The first-order valence-electron chi connectivity index (χ1n) is 10.1. The number of nitrogens with two attached hydrogens (primary N) is 1. The smallest absolute Gasteiger partial charge is 0.324 e. The second-order valence-corrected chi connectivity index (χ2v) is 9.46. The maximum Gasteiger partial charge on any atom is 0.324 e. The van der Waals surface area contributed by atoms with Gasteiger partial charge in [0.2, 0.25) is 0 Å². The van der Waals surface area contributed by atoms with Crippen LogP contribution in [0.15, 0.2) is 91.0 Å². The molecule has 0 aliphatic rings. The van der Waals surface area contributed by atoms with Gasteiger partial charge in [-0.25, -0.2) is 0 Å². The van der Waals surface area contributed by atoms with Crippen LogP contribution in [-0.2, 0) is 14.3 Å². The Hall–Kier alpha value is -2.56. The summed E-state index contributed by atoms with van der Waals surface area (Å²) in [6.45, 7) is 5.56. The van der Waals surface area contributed by atoms with Crippen molar-refractivity contribution in [2.24, 2.45) is 5.73 Å². The Balaban J connectivity index is 2.05. The van der Waals surface area contributed by atoms with Crippen LogP contribution in [0.5, 0.6) is 0 Å². The Morgan fingerprint density at radius 2 is 1.17 bits per heavy atom. The normalized spacial score (nSPS) is 12.9. The fourth-order valence-corrected chi connectivity index (χ4v) is 4.90. The van der Waals surface area contributed by atoms with E-state index in [1.165, 1.54) is 0 Å². The molecule has 2 N–H and O–H groups in total. The molecule has 0 saturated heterocycles. The third-order valence-corrected chi connectivity index (χ3v) is 6.40. The molecule has 4 heteroatoms. The number of hydrogen-bond donors (Lipinski definition) is 1. The lowest BCUT2D eigenvalue weighted by molar-refractivity contribution is -0.155. The molecule has 0 saturated carbocycles. The molecule has 0 spiro atoms. The second kappa shape index (κ2) is 9.50. The molecular formula is C26H29NO2S. The number of ether oxygens (including phenoxy) is 1. The van der Waals surface area contributed by atoms with Crippen molar-refractivity contribution in [1.29, 1.82) is 0 Å². The number of hydrogen-bond acceptors (Lipinski definition) is 4. The lowest BCUT2D eigenvalue weighted by atomic mass is 9.84. The van der Waals surface area contributed by atoms with E-state index in [4.69, 9.17) is 10.5 Å². The lowest BCUT2D eigenvalue weighted by Gasteiger charge is -2.36. The van der Waals surface area contributed by atoms with E-state index in [-0.39, 0.29) is 5.97 Å². The van der Waals surface area contributed by atoms with Crippen molar-refractivity contribution in [2.75, 3.05) is 5.75 Å². The number of rotatable bonds is 7. The predicted molar refractivity (Wildman–Crippen MR) is 125 cm³/mol. The second-order valence-electron chi connectivity index (χ2n) is 8.23. The summed E-state index contributed by atoms with van der Waals surface area (Å²) >= 11 is 1.66. The Bertz CT molecular complexity index is 840. The molecule has 3 aromatic carbocycles. The van der Waals surface area contributed by atoms with Crippen LogP contribution in [-0.4, -0.2) is 23.4 Å². The highest BCUT2D eigenvalue weighted by Crippen LogP contribution is 2.48. The van der Waals surface area contributed by atoms with Gasteiger partial charge in [-0.1, -0.05) is 91.0 Å². The first-order chi connectivity index (χ1) is 14.3. The molecule has 3 nitrogen and oxygen atoms in total. The summed E-state index contributed by atoms with van der Waals surface area (Å²) in [5, 5.41) is 0. The van der Waals surface area contributed by atoms with Gasteiger partial charge in [0.25, 0.3) is 0 Å². The third-order valence-electron chi connectivity index (χ3n) is 4.73. The zero-order valence-corrected chi connectivity index (χ0v) is 18.6. The van der Waals surface area contributed by atoms with Crippen molar-refractivity contribution in [1.82, 2.24) is 0 Å². The molecule has 0 amide bonds. The number of carbonyl (C=O) groups excluding carboxylic acids is 1. The molecule has 3 rings (SSSR count). The zero-order valence-electron chi connectivity index (χ0n) is 17.7. The fraction of sp³-hybridized carbons (Fsp3) is 0.269. The fourth-order valence-electron chi connectivity index (χ4n) is 3.43. The minimum Gasteiger partial charge on any atom is -0.459 e. The maximum atomic E-state index is 12.5. The standard InChI is InChI=1S/C26H29NO2S/c1-25(2,3)29-24(28)23(27)19-30-26(20-13-7-4-8-14-20,21-15-9-5-10-16-21)22-17-11-6-12-18-22/h4-18,23H,19,27H2,1-3H3. The number of carbonyl (C=O) groups is 1. The monoisotopic (exact) mass is 419 g/mol. The largest absolute Gasteiger partial charge is 0.459 e. The van der Waals surface area contributed by atoms with E-state index in [1.807, 2.05) is 75.4 Å². The molecular weight excluding hydrogens is 390 g/mol. The lowest BCUT2D eigenvalue weighted by Crippen LogP contribution is -2.40. The quantitative estimate of drug-likeness (QED) is 0.413. The molecule has 1 unspecified atom stereocenters. The van der Waals surface area contributed by atoms with Crippen LogP contribution in [0.4, 0.5) is 0 Å². The zero-order chi connectivity index (χ0) is 21.6. The average Bonchev–Trinajstić information content (AvgIpc) is 2.75. The molecule has 0 aliphatic carbocycles. The number of esters is 1. The van der Waals surface area contributed by atoms with E-state index in [0.29, 0.717) is 5.75 Å². The molecule has 156 valence electrons. The number of benzene rings is 3. The van der Waals surface area contributed by atoms with Gasteiger partial charge in [-0.05, 0) is 37.5 Å². The Morgan fingerprint density at radius 1 is 0.800 bits per heavy atom. The van der Waals surface area contributed by atoms with E-state index in [9.17, 15) is 4.79 Å². The topological polar surface area (TPSA) is 52.3 Å². The predicted octanol–water partition coefficient (Wildman–Crippen LogP) is 5.38. The van der Waals surface area contributed by atoms with E-state index in [2.05, 4.69) is 36.4 Å². The maximum absolute atomic E-state index is 12.5. The van der Waals surface area contributed by atoms with Crippen molar-refractivity contribution >= 4 is 17.7 Å². The summed E-state index contributed by atoms with van der Waals surface area (Å²) in [7, 11) is 0. The third kappa shape index (κ3) is 5.13. The summed E-state index contributed by atoms with van der Waals surface area (Å²) in [6.07, 6.45) is 0. The average molecular weight is 420 g/mol. The van der Waals surface area contributed by atoms with Crippen LogP contribution in [0.25, 0.3) is 0 Å². The van der Waals surface area contributed by atoms with E-state index in [1.54, 1.807) is 11.8 Å². The molecule has 0 bridgehead atoms. The van der Waals surface area contributed by atoms with Gasteiger partial charge in [0.15, 0.2) is 0 Å². The first kappa shape index (κ1) is 22.1. The molecule has 0 heterocycles. The van der Waals surface area contributed by atoms with Crippen LogP contribution in [0.3, 0.4) is 0 Å². The van der Waals surface area contributed by atoms with Gasteiger partial charge in [0.1, 0.15) is 11.6 Å². The van der Waals surface area contributed by atoms with Gasteiger partial charge in [-0.3, -0.25) is 4.79 Å². The van der Waals surface area contributed by atoms with E-state index in [0.717, 1.165) is 16.7 Å². The highest BCUT2D eigenvalue weighted by Gasteiger charge is 2.38. The minimum absolute atomic E-state index is 0.377. The van der Waals surface area contributed by atoms with Crippen molar-refractivity contribution in [3.05, 3.63) is 108 Å². The first-order valence-corrected chi connectivity index (χ1v) is 11.1. The molecule has 0 radical (unpaired) electrons. The Kier molecular flexibility index (Phi) is 7.01. The van der Waals surface area contributed by atoms with Crippen LogP contribution in [0.2, 0.25) is 0 Å². The van der Waals surface area contributed by atoms with Gasteiger partial charge >= 0.3 is 5.97 Å². The number of thioether (sulfide) groups is 1. The molecule has 0 aliphatic heterocycles. The van der Waals surface area contributed by atoms with Crippen LogP contribution in [0.1, 0.15) is 37.5 Å². The molecule has 1 atom stereocenters. The highest BCUT2D eigenvalue weighted by atomic mass is 32.2. The van der Waals surface area contributed by atoms with Crippen LogP contribution >= 0.6 is 11.8 Å². The molecule has 30 heavy (non-hydrogen) atoms. The summed E-state index contributed by atoms with van der Waals surface area (Å²) < 4.78 is 5.01. The van der Waals surface area contributed by atoms with Gasteiger partial charge in [-0.15, -0.1) is 11.8 Å². The summed E-state index contributed by atoms with van der Waals surface area (Å²) in [5.74, 6) is 0.0474. The van der Waals surface area contributed by atoms with Gasteiger partial charge < -0.3 is 10.5 Å². The van der Waals surface area contributed by atoms with Crippen LogP contribution < -0.4 is 5.73 Å². The highest BCUT2D eigenvalue weighted by molar-refractivity contribution is 8.00. The van der Waals surface area contributed by atoms with Crippen LogP contribution in [0, 0.1) is 0 Å². The summed E-state index contributed by atoms with van der Waals surface area (Å²) in [5.41, 5.74) is 9.14. The van der Waals surface area contributed by atoms with Crippen molar-refractivity contribution in [3.63, 3.8) is 0 Å². The van der Waals surface area contributed by atoms with Crippen molar-refractivity contribution in [3.8, 4) is 0 Å². The molecule has 0 fully saturated rings. The SMILES string of the molecule is CC(C)(C)OC(=O)C(N)CSC(c1ccccc1)(c1ccccc1)c1ccccc1. The van der Waals surface area contributed by atoms with E-state index >= 15 is 0 Å². The van der Waals surface area contributed by atoms with Gasteiger partial charge in [-0.2, -0.15) is 0 Å². The summed E-state index contributed by atoms with van der Waals surface area (Å²) in [4.78, 5) is 12.5.